The summed E-state index contributed by atoms with van der Waals surface area (Å²) in [5.74, 6) is -0.987. The monoisotopic (exact) mass is 446 g/mol. The molecule has 2 aliphatic heterocycles. The van der Waals surface area contributed by atoms with E-state index in [0.717, 1.165) is 16.8 Å². The molecule has 2 amide bonds. The van der Waals surface area contributed by atoms with Gasteiger partial charge in [-0.3, -0.25) is 14.6 Å². The predicted molar refractivity (Wildman–Crippen MR) is 121 cm³/mol. The van der Waals surface area contributed by atoms with Crippen LogP contribution in [0.1, 0.15) is 30.4 Å². The van der Waals surface area contributed by atoms with Gasteiger partial charge >= 0.3 is 0 Å². The molecule has 9 heteroatoms. The summed E-state index contributed by atoms with van der Waals surface area (Å²) < 4.78 is 0. The number of aliphatic hydroxyl groups is 2. The second-order valence-corrected chi connectivity index (χ2v) is 10.1. The number of fused-ring (bicyclic) bond motifs is 1. The molecule has 5 atom stereocenters. The number of likely N-dealkylation sites (tertiary alicyclic amines) is 1. The lowest BCUT2D eigenvalue weighted by molar-refractivity contribution is -0.142. The predicted octanol–water partition coefficient (Wildman–Crippen LogP) is 1.02. The van der Waals surface area contributed by atoms with Crippen LogP contribution in [0.5, 0.6) is 0 Å². The maximum Gasteiger partial charge on any atom is 0.227 e. The molecule has 0 aromatic heterocycles. The van der Waals surface area contributed by atoms with E-state index in [9.17, 15) is 19.8 Å². The summed E-state index contributed by atoms with van der Waals surface area (Å²) in [4.78, 5) is 31.1. The van der Waals surface area contributed by atoms with Crippen LogP contribution in [-0.2, 0) is 9.59 Å². The van der Waals surface area contributed by atoms with E-state index in [1.54, 1.807) is 4.90 Å². The molecule has 4 rings (SSSR count). The summed E-state index contributed by atoms with van der Waals surface area (Å²) in [5.41, 5.74) is 8.58. The third-order valence-corrected chi connectivity index (χ3v) is 7.80. The number of carbonyl (C=O) groups is 2. The smallest absolute Gasteiger partial charge is 0.227 e. The molecule has 0 radical (unpaired) electrons. The normalized spacial score (nSPS) is 31.2. The number of aliphatic imine (C=N–C) groups is 1. The third kappa shape index (κ3) is 4.58. The Morgan fingerprint density at radius 3 is 2.42 bits per heavy atom. The number of anilines is 1. The fourth-order valence-corrected chi connectivity index (χ4v) is 6.25. The lowest BCUT2D eigenvalue weighted by atomic mass is 9.80. The molecule has 0 bridgehead atoms. The quantitative estimate of drug-likeness (QED) is 0.549. The van der Waals surface area contributed by atoms with Crippen molar-refractivity contribution in [1.29, 1.82) is 0 Å². The zero-order valence-electron chi connectivity index (χ0n) is 17.8. The molecule has 1 aliphatic carbocycles. The molecule has 1 aromatic carbocycles. The summed E-state index contributed by atoms with van der Waals surface area (Å²) in [7, 11) is 0. The first kappa shape index (κ1) is 22.1. The summed E-state index contributed by atoms with van der Waals surface area (Å²) in [6.45, 7) is 5.02. The van der Waals surface area contributed by atoms with Gasteiger partial charge in [0.2, 0.25) is 11.8 Å². The number of hydrogen-bond donors (Lipinski definition) is 4. The number of rotatable bonds is 3. The average Bonchev–Trinajstić information content (AvgIpc) is 3.13. The van der Waals surface area contributed by atoms with E-state index in [1.807, 2.05) is 26.0 Å². The number of nitrogens with zero attached hydrogens (tertiary/aromatic N) is 2. The van der Waals surface area contributed by atoms with E-state index >= 15 is 0 Å². The molecule has 2 heterocycles. The Morgan fingerprint density at radius 2 is 1.81 bits per heavy atom. The van der Waals surface area contributed by atoms with Crippen molar-refractivity contribution in [2.75, 3.05) is 18.4 Å². The lowest BCUT2D eigenvalue weighted by Gasteiger charge is -2.40. The van der Waals surface area contributed by atoms with Crippen molar-refractivity contribution in [3.63, 3.8) is 0 Å². The number of amidine groups is 1. The zero-order chi connectivity index (χ0) is 22.3. The van der Waals surface area contributed by atoms with Crippen LogP contribution < -0.4 is 11.1 Å². The van der Waals surface area contributed by atoms with Crippen LogP contribution in [0.3, 0.4) is 0 Å². The SMILES string of the molecule is Cc1cc(C)cc(NC2=N[C@@H]3[C@@H](O)[C@H](O)C[C@H](C(=O)N4CCC(C(N)=O)CC4)[C@H]3S2)c1. The molecule has 168 valence electrons. The van der Waals surface area contributed by atoms with Crippen LogP contribution in [-0.4, -0.2) is 68.7 Å². The topological polar surface area (TPSA) is 128 Å². The first-order valence-corrected chi connectivity index (χ1v) is 11.6. The van der Waals surface area contributed by atoms with Crippen LogP contribution in [0.4, 0.5) is 5.69 Å². The first-order valence-electron chi connectivity index (χ1n) is 10.8. The zero-order valence-corrected chi connectivity index (χ0v) is 18.6. The third-order valence-electron chi connectivity index (χ3n) is 6.49. The van der Waals surface area contributed by atoms with Gasteiger partial charge in [0, 0.05) is 29.9 Å². The Hall–Kier alpha value is -2.10. The van der Waals surface area contributed by atoms with Gasteiger partial charge in [0.25, 0.3) is 0 Å². The lowest BCUT2D eigenvalue weighted by Crippen LogP contribution is -2.55. The highest BCUT2D eigenvalue weighted by Crippen LogP contribution is 2.42. The molecule has 0 spiro atoms. The molecule has 2 fully saturated rings. The van der Waals surface area contributed by atoms with Crippen LogP contribution >= 0.6 is 11.8 Å². The van der Waals surface area contributed by atoms with E-state index in [4.69, 9.17) is 5.73 Å². The Bertz CT molecular complexity index is 879. The molecule has 1 aromatic rings. The van der Waals surface area contributed by atoms with Crippen LogP contribution in [0.25, 0.3) is 0 Å². The van der Waals surface area contributed by atoms with E-state index in [0.29, 0.717) is 31.1 Å². The van der Waals surface area contributed by atoms with Gasteiger partial charge in [0.1, 0.15) is 6.10 Å². The molecule has 5 N–H and O–H groups in total. The molecule has 31 heavy (non-hydrogen) atoms. The van der Waals surface area contributed by atoms with Crippen molar-refractivity contribution in [3.05, 3.63) is 29.3 Å². The van der Waals surface area contributed by atoms with Crippen molar-refractivity contribution in [2.24, 2.45) is 22.6 Å². The van der Waals surface area contributed by atoms with E-state index in [-0.39, 0.29) is 29.4 Å². The number of carbonyl (C=O) groups excluding carboxylic acids is 2. The van der Waals surface area contributed by atoms with Crippen LogP contribution in [0.2, 0.25) is 0 Å². The minimum absolute atomic E-state index is 0.0424. The van der Waals surface area contributed by atoms with Gasteiger partial charge in [-0.2, -0.15) is 0 Å². The van der Waals surface area contributed by atoms with Gasteiger partial charge in [0.05, 0.1) is 18.1 Å². The molecule has 1 saturated heterocycles. The van der Waals surface area contributed by atoms with Crippen molar-refractivity contribution in [1.82, 2.24) is 4.90 Å². The first-order chi connectivity index (χ1) is 14.7. The Balaban J connectivity index is 1.48. The number of primary amides is 1. The second kappa shape index (κ2) is 8.80. The van der Waals surface area contributed by atoms with E-state index < -0.39 is 24.2 Å². The second-order valence-electron chi connectivity index (χ2n) is 8.91. The number of aliphatic hydroxyl groups excluding tert-OH is 2. The number of thioether (sulfide) groups is 1. The molecular formula is C22H30N4O4S. The fourth-order valence-electron chi connectivity index (χ4n) is 4.88. The van der Waals surface area contributed by atoms with Crippen LogP contribution in [0, 0.1) is 25.7 Å². The number of nitrogens with one attached hydrogen (secondary N) is 1. The number of nitrogens with two attached hydrogens (primary N) is 1. The van der Waals surface area contributed by atoms with E-state index in [1.165, 1.54) is 11.8 Å². The summed E-state index contributed by atoms with van der Waals surface area (Å²) in [6.07, 6.45) is -0.660. The van der Waals surface area contributed by atoms with Gasteiger partial charge in [-0.25, -0.2) is 0 Å². The van der Waals surface area contributed by atoms with Gasteiger partial charge < -0.3 is 26.2 Å². The number of benzene rings is 1. The minimum Gasteiger partial charge on any atom is -0.390 e. The Kier molecular flexibility index (Phi) is 6.27. The summed E-state index contributed by atoms with van der Waals surface area (Å²) in [6, 6.07) is 5.59. The molecular weight excluding hydrogens is 416 g/mol. The Labute approximate surface area is 186 Å². The molecule has 8 nitrogen and oxygen atoms in total. The van der Waals surface area contributed by atoms with Gasteiger partial charge in [-0.1, -0.05) is 17.8 Å². The van der Waals surface area contributed by atoms with E-state index in [2.05, 4.69) is 16.4 Å². The van der Waals surface area contributed by atoms with Crippen molar-refractivity contribution in [3.8, 4) is 0 Å². The largest absolute Gasteiger partial charge is 0.390 e. The van der Waals surface area contributed by atoms with Gasteiger partial charge in [-0.05, 0) is 56.4 Å². The highest BCUT2D eigenvalue weighted by atomic mass is 32.2. The number of piperidine rings is 1. The van der Waals surface area contributed by atoms with Gasteiger partial charge in [-0.15, -0.1) is 0 Å². The number of aryl methyl sites for hydroxylation is 2. The van der Waals surface area contributed by atoms with Gasteiger partial charge in [0.15, 0.2) is 5.17 Å². The maximum atomic E-state index is 13.3. The Morgan fingerprint density at radius 1 is 1.16 bits per heavy atom. The van der Waals surface area contributed by atoms with Crippen LogP contribution in [0.15, 0.2) is 23.2 Å². The number of amides is 2. The van der Waals surface area contributed by atoms with Crippen molar-refractivity contribution < 1.29 is 19.8 Å². The van der Waals surface area contributed by atoms with Crippen molar-refractivity contribution >= 4 is 34.4 Å². The average molecular weight is 447 g/mol. The van der Waals surface area contributed by atoms with Crippen molar-refractivity contribution in [2.45, 2.75) is 56.6 Å². The standard InChI is InChI=1S/C22H30N4O4S/c1-11-7-12(2)9-14(8-11)24-22-25-17-18(28)16(27)10-15(19(17)31-22)21(30)26-5-3-13(4-6-26)20(23)29/h7-9,13,15-19,27-28H,3-6,10H2,1-2H3,(H2,23,29)(H,24,25)/t15-,16+,17+,18-,19+/m0/s1. The number of hydrogen-bond acceptors (Lipinski definition) is 7. The minimum atomic E-state index is -0.999. The maximum absolute atomic E-state index is 13.3. The summed E-state index contributed by atoms with van der Waals surface area (Å²) in [5, 5.41) is 24.7. The molecule has 0 unspecified atom stereocenters. The summed E-state index contributed by atoms with van der Waals surface area (Å²) >= 11 is 1.46. The fraction of sp³-hybridized carbons (Fsp3) is 0.591. The highest BCUT2D eigenvalue weighted by Gasteiger charge is 2.51. The molecule has 3 aliphatic rings. The highest BCUT2D eigenvalue weighted by molar-refractivity contribution is 8.15. The molecule has 1 saturated carbocycles.